The summed E-state index contributed by atoms with van der Waals surface area (Å²) in [7, 11) is 0. The van der Waals surface area contributed by atoms with Crippen molar-refractivity contribution >= 4 is 59.8 Å². The molecule has 0 aliphatic carbocycles. The molecule has 0 aliphatic heterocycles. The van der Waals surface area contributed by atoms with Gasteiger partial charge in [0, 0.05) is 19.8 Å². The summed E-state index contributed by atoms with van der Waals surface area (Å²) in [4.78, 5) is 129. The van der Waals surface area contributed by atoms with E-state index in [1.807, 2.05) is 0 Å². The maximum absolute atomic E-state index is 12.5. The van der Waals surface area contributed by atoms with Gasteiger partial charge < -0.3 is 43.4 Å². The van der Waals surface area contributed by atoms with Crippen molar-refractivity contribution in [2.45, 2.75) is 113 Å². The number of hydroxylamine groups is 2. The highest BCUT2D eigenvalue weighted by atomic mass is 16.8. The first-order valence-electron chi connectivity index (χ1n) is 27.0. The molecule has 0 aliphatic rings. The molecule has 85 heavy (non-hydrogen) atoms. The minimum atomic E-state index is -1.06. The van der Waals surface area contributed by atoms with Crippen LogP contribution < -0.4 is 25.2 Å². The molecule has 5 aromatic carbocycles. The van der Waals surface area contributed by atoms with Gasteiger partial charge in [0.15, 0.2) is 0 Å². The fourth-order valence-electron chi connectivity index (χ4n) is 7.13. The first kappa shape index (κ1) is 68.0. The molecule has 2 atom stereocenters. The average molecular weight is 1180 g/mol. The molecular weight excluding hydrogens is 1110 g/mol. The molecule has 4 N–H and O–H groups in total. The zero-order chi connectivity index (χ0) is 62.4. The lowest BCUT2D eigenvalue weighted by molar-refractivity contribution is -0.144. The van der Waals surface area contributed by atoms with E-state index < -0.39 is 66.4 Å². The van der Waals surface area contributed by atoms with Crippen LogP contribution in [0.4, 0.5) is 4.79 Å². The van der Waals surface area contributed by atoms with E-state index in [4.69, 9.17) is 38.1 Å². The van der Waals surface area contributed by atoms with Gasteiger partial charge in [-0.3, -0.25) is 43.2 Å². The van der Waals surface area contributed by atoms with Crippen molar-refractivity contribution in [1.82, 2.24) is 11.0 Å². The fourth-order valence-corrected chi connectivity index (χ4v) is 7.13. The third kappa shape index (κ3) is 26.5. The van der Waals surface area contributed by atoms with E-state index in [0.29, 0.717) is 39.5 Å². The molecule has 454 valence electrons. The molecule has 0 radical (unpaired) electrons. The minimum absolute atomic E-state index is 0.0215. The Labute approximate surface area is 491 Å². The summed E-state index contributed by atoms with van der Waals surface area (Å²) in [5.74, 6) is -6.38. The number of benzene rings is 5. The predicted octanol–water partition coefficient (Wildman–Crippen LogP) is 9.00. The van der Waals surface area contributed by atoms with E-state index in [2.05, 4.69) is 15.7 Å². The Morgan fingerprint density at radius 3 is 1.14 bits per heavy atom. The van der Waals surface area contributed by atoms with Crippen molar-refractivity contribution < 1.29 is 101 Å². The molecule has 0 aromatic heterocycles. The smallest absolute Gasteiger partial charge is 0.481 e. The maximum Gasteiger partial charge on any atom is 0.511 e. The second kappa shape index (κ2) is 35.5. The Kier molecular flexibility index (Phi) is 28.4. The zero-order valence-electron chi connectivity index (χ0n) is 48.2. The number of amides is 2. The monoisotopic (exact) mass is 1180 g/mol. The maximum atomic E-state index is 12.5. The van der Waals surface area contributed by atoms with Crippen LogP contribution in [0.15, 0.2) is 121 Å². The normalized spacial score (nSPS) is 11.4. The van der Waals surface area contributed by atoms with Crippen LogP contribution in [0.5, 0.6) is 17.2 Å². The molecule has 23 heteroatoms. The summed E-state index contributed by atoms with van der Waals surface area (Å²) >= 11 is 0. The largest absolute Gasteiger partial charge is 0.511 e. The number of carboxylic acids is 2. The van der Waals surface area contributed by atoms with Gasteiger partial charge in [0.25, 0.3) is 0 Å². The van der Waals surface area contributed by atoms with Gasteiger partial charge in [-0.25, -0.2) is 25.3 Å². The highest BCUT2D eigenvalue weighted by Gasteiger charge is 2.22. The SMILES string of the molecule is CC(=O)Oc1ccc(CONC(=O)CCC(Cc2ccc(C(=O)OCOC(=O)OC(C)C)cc2)C(=O)O)cc1.CC(C)C(=O)Oc1ccc(CONC(=O)CCC(Cc2ccc(C(=O)OCc3ccc(OC(=O)C(C)C)cc3)cc2)C(=O)O)cc1. The minimum Gasteiger partial charge on any atom is -0.481 e. The molecule has 2 amide bonds. The quantitative estimate of drug-likeness (QED) is 0.0109. The van der Waals surface area contributed by atoms with Gasteiger partial charge in [-0.15, -0.1) is 0 Å². The summed E-state index contributed by atoms with van der Waals surface area (Å²) in [6.45, 7) is 11.1. The topological polar surface area (TPSA) is 318 Å². The predicted molar refractivity (Wildman–Crippen MR) is 301 cm³/mol. The summed E-state index contributed by atoms with van der Waals surface area (Å²) in [6, 6.07) is 32.4. The Hall–Kier alpha value is -9.48. The molecule has 0 fully saturated rings. The highest BCUT2D eigenvalue weighted by molar-refractivity contribution is 5.90. The van der Waals surface area contributed by atoms with E-state index in [1.54, 1.807) is 151 Å². The van der Waals surface area contributed by atoms with Crippen LogP contribution >= 0.6 is 0 Å². The van der Waals surface area contributed by atoms with Gasteiger partial charge in [0.05, 0.1) is 54.1 Å². The summed E-state index contributed by atoms with van der Waals surface area (Å²) in [5.41, 5.74) is 8.60. The van der Waals surface area contributed by atoms with Crippen LogP contribution in [0, 0.1) is 23.7 Å². The number of aliphatic carboxylic acids is 2. The lowest BCUT2D eigenvalue weighted by atomic mass is 9.94. The summed E-state index contributed by atoms with van der Waals surface area (Å²) in [6.07, 6.45) is -1.02. The molecule has 2 unspecified atom stereocenters. The van der Waals surface area contributed by atoms with Crippen molar-refractivity contribution in [2.24, 2.45) is 23.7 Å². The van der Waals surface area contributed by atoms with E-state index in [1.165, 1.54) is 19.1 Å². The van der Waals surface area contributed by atoms with Crippen LogP contribution in [0.25, 0.3) is 0 Å². The van der Waals surface area contributed by atoms with Crippen molar-refractivity contribution in [3.63, 3.8) is 0 Å². The van der Waals surface area contributed by atoms with Gasteiger partial charge in [-0.2, -0.15) is 0 Å². The number of carboxylic acid groups (broad SMARTS) is 2. The Morgan fingerprint density at radius 2 is 0.788 bits per heavy atom. The first-order valence-corrected chi connectivity index (χ1v) is 27.0. The van der Waals surface area contributed by atoms with E-state index >= 15 is 0 Å². The average Bonchev–Trinajstić information content (AvgIpc) is 3.55. The van der Waals surface area contributed by atoms with Crippen LogP contribution in [-0.4, -0.2) is 82.9 Å². The number of ether oxygens (including phenoxy) is 7. The second-order valence-corrected chi connectivity index (χ2v) is 19.9. The number of hydrogen-bond acceptors (Lipinski definition) is 19. The van der Waals surface area contributed by atoms with Gasteiger partial charge in [-0.1, -0.05) is 88.4 Å². The van der Waals surface area contributed by atoms with Crippen LogP contribution in [-0.2, 0) is 94.8 Å². The molecule has 5 aromatic rings. The third-order valence-corrected chi connectivity index (χ3v) is 11.8. The molecular formula is C62H70N2O21. The fraction of sp³-hybridized carbons (Fsp3) is 0.355. The van der Waals surface area contributed by atoms with Crippen molar-refractivity contribution in [1.29, 1.82) is 0 Å². The van der Waals surface area contributed by atoms with Crippen LogP contribution in [0.2, 0.25) is 0 Å². The molecule has 0 saturated heterocycles. The van der Waals surface area contributed by atoms with Crippen LogP contribution in [0.1, 0.15) is 123 Å². The molecule has 23 nitrogen and oxygen atoms in total. The number of esters is 5. The molecule has 0 heterocycles. The number of carbonyl (C=O) groups is 10. The Balaban J connectivity index is 0.000000370. The Morgan fingerprint density at radius 1 is 0.435 bits per heavy atom. The third-order valence-electron chi connectivity index (χ3n) is 11.8. The lowest BCUT2D eigenvalue weighted by Gasteiger charge is -2.13. The van der Waals surface area contributed by atoms with Crippen molar-refractivity contribution in [3.05, 3.63) is 160 Å². The molecule has 5 rings (SSSR count). The second-order valence-electron chi connectivity index (χ2n) is 19.9. The standard InChI is InChI=1S/C35H39NO10.C27H31NO11/c1-22(2)33(40)45-29-14-7-25(8-15-29)20-43-35(42)27-11-5-24(6-12-27)19-28(32(38)39)13-18-31(37)36-44-21-26-9-16-30(17-10-26)46-34(41)23(3)4;1-17(2)38-27(34)36-16-35-26(33)21-8-4-19(5-9-21)14-22(25(31)32)10-13-24(30)28-37-15-20-6-11-23(12-7-20)39-18(3)29/h5-12,14-17,22-23,28H,13,18-21H2,1-4H3,(H,36,37)(H,38,39);4-9,11-12,17,22H,10,13-16H2,1-3H3,(H,28,30)(H,31,32). The lowest BCUT2D eigenvalue weighted by Crippen LogP contribution is -2.25. The number of rotatable bonds is 30. The van der Waals surface area contributed by atoms with Gasteiger partial charge in [-0.05, 0) is 128 Å². The zero-order valence-corrected chi connectivity index (χ0v) is 48.2. The summed E-state index contributed by atoms with van der Waals surface area (Å²) in [5, 5.41) is 19.3. The van der Waals surface area contributed by atoms with Crippen molar-refractivity contribution in [3.8, 4) is 17.2 Å². The molecule has 0 bridgehead atoms. The van der Waals surface area contributed by atoms with Crippen molar-refractivity contribution in [2.75, 3.05) is 6.79 Å². The van der Waals surface area contributed by atoms with E-state index in [9.17, 15) is 58.2 Å². The summed E-state index contributed by atoms with van der Waals surface area (Å²) < 4.78 is 35.0. The Bertz CT molecular complexity index is 3010. The first-order chi connectivity index (χ1) is 40.4. The van der Waals surface area contributed by atoms with E-state index in [-0.39, 0.29) is 93.8 Å². The number of carbonyl (C=O) groups excluding carboxylic acids is 8. The van der Waals surface area contributed by atoms with Gasteiger partial charge >= 0.3 is 47.9 Å². The van der Waals surface area contributed by atoms with E-state index in [0.717, 1.165) is 11.1 Å². The number of hydrogen-bond donors (Lipinski definition) is 4. The highest BCUT2D eigenvalue weighted by Crippen LogP contribution is 2.21. The molecule has 0 spiro atoms. The number of nitrogens with one attached hydrogen (secondary N) is 2. The van der Waals surface area contributed by atoms with Gasteiger partial charge in [0.1, 0.15) is 23.9 Å². The molecule has 0 saturated carbocycles. The van der Waals surface area contributed by atoms with Crippen LogP contribution in [0.3, 0.4) is 0 Å². The van der Waals surface area contributed by atoms with Gasteiger partial charge in [0.2, 0.25) is 18.6 Å².